The summed E-state index contributed by atoms with van der Waals surface area (Å²) in [6, 6.07) is 0. The van der Waals surface area contributed by atoms with Crippen molar-refractivity contribution in [1.82, 2.24) is 0 Å². The lowest BCUT2D eigenvalue weighted by Gasteiger charge is -2.05. The van der Waals surface area contributed by atoms with Gasteiger partial charge in [-0.25, -0.2) is 0 Å². The van der Waals surface area contributed by atoms with E-state index in [0.717, 1.165) is 25.7 Å². The maximum Gasteiger partial charge on any atom is 0.305 e. The van der Waals surface area contributed by atoms with Crippen molar-refractivity contribution in [2.75, 3.05) is 13.2 Å². The normalized spacial score (nSPS) is 10.9. The van der Waals surface area contributed by atoms with Crippen LogP contribution in [0.3, 0.4) is 0 Å². The minimum Gasteiger partial charge on any atom is -0.466 e. The maximum atomic E-state index is 11.5. The highest BCUT2D eigenvalue weighted by atomic mass is 16.5. The summed E-state index contributed by atoms with van der Waals surface area (Å²) in [6.45, 7) is 5.19. The van der Waals surface area contributed by atoms with E-state index in [2.05, 4.69) is 19.9 Å². The van der Waals surface area contributed by atoms with Crippen molar-refractivity contribution in [1.29, 1.82) is 0 Å². The highest BCUT2D eigenvalue weighted by Crippen LogP contribution is 2.07. The molecule has 0 heterocycles. The average molecular weight is 341 g/mol. The molecule has 0 fully saturated rings. The molecule has 0 aliphatic heterocycles. The highest BCUT2D eigenvalue weighted by molar-refractivity contribution is 5.72. The molecule has 4 nitrogen and oxygen atoms in total. The molecule has 0 saturated carbocycles. The van der Waals surface area contributed by atoms with E-state index < -0.39 is 0 Å². The Morgan fingerprint density at radius 2 is 1.29 bits per heavy atom. The number of carbonyl (C=O) groups is 2. The predicted octanol–water partition coefficient (Wildman–Crippen LogP) is 5.35. The Hall–Kier alpha value is -1.32. The van der Waals surface area contributed by atoms with Crippen molar-refractivity contribution < 1.29 is 19.1 Å². The number of unbranched alkanes of at least 4 members (excludes halogenated alkanes) is 6. The number of esters is 2. The van der Waals surface area contributed by atoms with Crippen LogP contribution in [0, 0.1) is 0 Å². The number of hydrogen-bond donors (Lipinski definition) is 0. The second kappa shape index (κ2) is 18.0. The number of ether oxygens (including phenoxy) is 2. The van der Waals surface area contributed by atoms with Crippen LogP contribution < -0.4 is 0 Å². The summed E-state index contributed by atoms with van der Waals surface area (Å²) in [5.41, 5.74) is 0. The van der Waals surface area contributed by atoms with E-state index >= 15 is 0 Å². The molecular weight excluding hydrogens is 304 g/mol. The SMILES string of the molecule is CC/C=C/CCOC(=O)CCCC(=O)OCCCCCCCCC. The Morgan fingerprint density at radius 3 is 1.92 bits per heavy atom. The van der Waals surface area contributed by atoms with Crippen molar-refractivity contribution >= 4 is 11.9 Å². The van der Waals surface area contributed by atoms with Gasteiger partial charge in [0.1, 0.15) is 0 Å². The first-order chi connectivity index (χ1) is 11.7. The zero-order valence-electron chi connectivity index (χ0n) is 15.7. The van der Waals surface area contributed by atoms with Crippen molar-refractivity contribution in [3.63, 3.8) is 0 Å². The highest BCUT2D eigenvalue weighted by Gasteiger charge is 2.07. The van der Waals surface area contributed by atoms with Gasteiger partial charge in [-0.05, 0) is 25.7 Å². The molecular formula is C20H36O4. The van der Waals surface area contributed by atoms with Gasteiger partial charge in [-0.3, -0.25) is 9.59 Å². The summed E-state index contributed by atoms with van der Waals surface area (Å²) in [7, 11) is 0. The summed E-state index contributed by atoms with van der Waals surface area (Å²) in [5, 5.41) is 0. The molecule has 0 saturated heterocycles. The van der Waals surface area contributed by atoms with Gasteiger partial charge >= 0.3 is 11.9 Å². The fourth-order valence-electron chi connectivity index (χ4n) is 2.29. The summed E-state index contributed by atoms with van der Waals surface area (Å²) < 4.78 is 10.3. The fraction of sp³-hybridized carbons (Fsp3) is 0.800. The first-order valence-electron chi connectivity index (χ1n) is 9.66. The molecule has 0 atom stereocenters. The zero-order valence-corrected chi connectivity index (χ0v) is 15.7. The first-order valence-corrected chi connectivity index (χ1v) is 9.66. The van der Waals surface area contributed by atoms with Crippen LogP contribution in [0.1, 0.15) is 90.9 Å². The van der Waals surface area contributed by atoms with Crippen LogP contribution in [0.5, 0.6) is 0 Å². The monoisotopic (exact) mass is 340 g/mol. The Kier molecular flexibility index (Phi) is 17.0. The lowest BCUT2D eigenvalue weighted by atomic mass is 10.1. The molecule has 0 bridgehead atoms. The molecule has 0 aromatic rings. The molecule has 0 spiro atoms. The molecule has 0 rings (SSSR count). The minimum atomic E-state index is -0.236. The van der Waals surface area contributed by atoms with Crippen LogP contribution in [0.2, 0.25) is 0 Å². The van der Waals surface area contributed by atoms with E-state index in [9.17, 15) is 9.59 Å². The third kappa shape index (κ3) is 17.0. The Bertz CT molecular complexity index is 337. The molecule has 140 valence electrons. The molecule has 0 amide bonds. The van der Waals surface area contributed by atoms with Crippen LogP contribution >= 0.6 is 0 Å². The van der Waals surface area contributed by atoms with Crippen LogP contribution in [-0.2, 0) is 19.1 Å². The average Bonchev–Trinajstić information content (AvgIpc) is 2.57. The van der Waals surface area contributed by atoms with Crippen LogP contribution in [-0.4, -0.2) is 25.2 Å². The van der Waals surface area contributed by atoms with Gasteiger partial charge in [0.2, 0.25) is 0 Å². The van der Waals surface area contributed by atoms with Crippen LogP contribution in [0.25, 0.3) is 0 Å². The summed E-state index contributed by atoms with van der Waals surface area (Å²) in [6.07, 6.45) is 15.3. The zero-order chi connectivity index (χ0) is 17.9. The van der Waals surface area contributed by atoms with Gasteiger partial charge in [0.25, 0.3) is 0 Å². The molecule has 0 N–H and O–H groups in total. The summed E-state index contributed by atoms with van der Waals surface area (Å²) in [5.74, 6) is -0.445. The number of hydrogen-bond acceptors (Lipinski definition) is 4. The topological polar surface area (TPSA) is 52.6 Å². The van der Waals surface area contributed by atoms with E-state index in [-0.39, 0.29) is 18.4 Å². The Labute approximate surface area is 148 Å². The van der Waals surface area contributed by atoms with Gasteiger partial charge in [0, 0.05) is 12.8 Å². The second-order valence-electron chi connectivity index (χ2n) is 6.08. The lowest BCUT2D eigenvalue weighted by molar-refractivity contribution is -0.145. The minimum absolute atomic E-state index is 0.209. The van der Waals surface area contributed by atoms with Crippen molar-refractivity contribution in [3.05, 3.63) is 12.2 Å². The smallest absolute Gasteiger partial charge is 0.305 e. The number of carbonyl (C=O) groups excluding carboxylic acids is 2. The summed E-state index contributed by atoms with van der Waals surface area (Å²) in [4.78, 5) is 23.0. The molecule has 0 aromatic heterocycles. The van der Waals surface area contributed by atoms with Crippen molar-refractivity contribution in [2.24, 2.45) is 0 Å². The number of rotatable bonds is 16. The quantitative estimate of drug-likeness (QED) is 0.216. The Balaban J connectivity index is 3.36. The molecule has 0 aliphatic carbocycles. The van der Waals surface area contributed by atoms with Gasteiger partial charge in [0.15, 0.2) is 0 Å². The Morgan fingerprint density at radius 1 is 0.708 bits per heavy atom. The van der Waals surface area contributed by atoms with Gasteiger partial charge in [-0.1, -0.05) is 64.5 Å². The molecule has 0 unspecified atom stereocenters. The molecule has 0 aliphatic rings. The third-order valence-corrected chi connectivity index (χ3v) is 3.72. The molecule has 0 aromatic carbocycles. The van der Waals surface area contributed by atoms with Gasteiger partial charge < -0.3 is 9.47 Å². The van der Waals surface area contributed by atoms with Crippen molar-refractivity contribution in [2.45, 2.75) is 90.9 Å². The largest absolute Gasteiger partial charge is 0.466 e. The predicted molar refractivity (Wildman–Crippen MR) is 97.8 cm³/mol. The summed E-state index contributed by atoms with van der Waals surface area (Å²) >= 11 is 0. The molecule has 0 radical (unpaired) electrons. The number of allylic oxidation sites excluding steroid dienone is 1. The van der Waals surface area contributed by atoms with Crippen LogP contribution in [0.4, 0.5) is 0 Å². The van der Waals surface area contributed by atoms with Gasteiger partial charge in [-0.2, -0.15) is 0 Å². The standard InChI is InChI=1S/C20H36O4/c1-3-5-7-9-10-11-13-18-24-20(22)16-14-15-19(21)23-17-12-8-6-4-2/h6,8H,3-5,7,9-18H2,1-2H3/b8-6+. The maximum absolute atomic E-state index is 11.5. The fourth-order valence-corrected chi connectivity index (χ4v) is 2.29. The molecule has 4 heteroatoms. The first kappa shape index (κ1) is 22.7. The second-order valence-corrected chi connectivity index (χ2v) is 6.08. The van der Waals surface area contributed by atoms with E-state index in [1.165, 1.54) is 32.1 Å². The van der Waals surface area contributed by atoms with Crippen molar-refractivity contribution in [3.8, 4) is 0 Å². The van der Waals surface area contributed by atoms with Gasteiger partial charge in [0.05, 0.1) is 13.2 Å². The van der Waals surface area contributed by atoms with Gasteiger partial charge in [-0.15, -0.1) is 0 Å². The van der Waals surface area contributed by atoms with E-state index in [1.807, 2.05) is 6.08 Å². The third-order valence-electron chi connectivity index (χ3n) is 3.72. The molecule has 24 heavy (non-hydrogen) atoms. The van der Waals surface area contributed by atoms with E-state index in [1.54, 1.807) is 0 Å². The van der Waals surface area contributed by atoms with Crippen LogP contribution in [0.15, 0.2) is 12.2 Å². The van der Waals surface area contributed by atoms with E-state index in [4.69, 9.17) is 9.47 Å². The van der Waals surface area contributed by atoms with E-state index in [0.29, 0.717) is 26.1 Å². The lowest BCUT2D eigenvalue weighted by Crippen LogP contribution is -2.09.